The number of benzene rings is 2. The molecule has 1 aliphatic rings. The second kappa shape index (κ2) is 9.34. The van der Waals surface area contributed by atoms with Crippen molar-refractivity contribution in [2.45, 2.75) is 32.9 Å². The van der Waals surface area contributed by atoms with Gasteiger partial charge in [-0.2, -0.15) is 10.1 Å². The summed E-state index contributed by atoms with van der Waals surface area (Å²) in [7, 11) is 1.52. The van der Waals surface area contributed by atoms with E-state index in [1.807, 2.05) is 55.5 Å². The molecule has 180 valence electrons. The maximum Gasteiger partial charge on any atom is 0.316 e. The van der Waals surface area contributed by atoms with Crippen molar-refractivity contribution in [2.75, 3.05) is 30.4 Å². The lowest BCUT2D eigenvalue weighted by Crippen LogP contribution is -2.54. The van der Waals surface area contributed by atoms with Crippen LogP contribution in [0.3, 0.4) is 0 Å². The minimum atomic E-state index is -0.276. The number of methoxy groups -OCH3 is 1. The number of amides is 1. The Balaban J connectivity index is 1.54. The molecular weight excluding hydrogens is 442 g/mol. The highest BCUT2D eigenvalue weighted by atomic mass is 16.5. The monoisotopic (exact) mass is 471 g/mol. The van der Waals surface area contributed by atoms with Crippen LogP contribution in [-0.4, -0.2) is 57.9 Å². The molecule has 1 saturated heterocycles. The number of ether oxygens (including phenoxy) is 1. The molecule has 1 fully saturated rings. The number of hydrogen-bond acceptors (Lipinski definition) is 7. The molecule has 0 aliphatic carbocycles. The summed E-state index contributed by atoms with van der Waals surface area (Å²) in [5.41, 5.74) is 3.66. The highest BCUT2D eigenvalue weighted by Crippen LogP contribution is 2.31. The largest absolute Gasteiger partial charge is 0.467 e. The highest BCUT2D eigenvalue weighted by molar-refractivity contribution is 6.13. The van der Waals surface area contributed by atoms with Crippen molar-refractivity contribution >= 4 is 28.3 Å². The molecule has 2 unspecified atom stereocenters. The maximum atomic E-state index is 13.5. The van der Waals surface area contributed by atoms with Crippen molar-refractivity contribution in [3.63, 3.8) is 0 Å². The van der Waals surface area contributed by atoms with Crippen LogP contribution in [0.4, 0.5) is 11.5 Å². The van der Waals surface area contributed by atoms with Crippen molar-refractivity contribution in [3.05, 3.63) is 66.0 Å². The van der Waals surface area contributed by atoms with Gasteiger partial charge in [0.1, 0.15) is 5.82 Å². The second-order valence-corrected chi connectivity index (χ2v) is 9.00. The second-order valence-electron chi connectivity index (χ2n) is 9.00. The molecule has 1 amide bonds. The summed E-state index contributed by atoms with van der Waals surface area (Å²) in [5, 5.41) is 11.9. The van der Waals surface area contributed by atoms with Crippen LogP contribution in [0.25, 0.3) is 16.6 Å². The van der Waals surface area contributed by atoms with Crippen molar-refractivity contribution in [2.24, 2.45) is 0 Å². The lowest BCUT2D eigenvalue weighted by atomic mass is 10.0. The smallest absolute Gasteiger partial charge is 0.316 e. The molecule has 9 heteroatoms. The molecule has 3 heterocycles. The van der Waals surface area contributed by atoms with E-state index in [1.54, 1.807) is 10.9 Å². The normalized spacial score (nSPS) is 18.0. The minimum Gasteiger partial charge on any atom is -0.467 e. The molecule has 0 radical (unpaired) electrons. The Morgan fingerprint density at radius 3 is 2.57 bits per heavy atom. The van der Waals surface area contributed by atoms with E-state index in [-0.39, 0.29) is 11.9 Å². The number of nitrogens with one attached hydrogen (secondary N) is 2. The van der Waals surface area contributed by atoms with Crippen molar-refractivity contribution < 1.29 is 9.53 Å². The molecule has 2 aromatic carbocycles. The molecule has 2 aromatic heterocycles. The highest BCUT2D eigenvalue weighted by Gasteiger charge is 2.25. The fourth-order valence-electron chi connectivity index (χ4n) is 4.71. The predicted molar refractivity (Wildman–Crippen MR) is 137 cm³/mol. The number of aromatic nitrogens is 4. The summed E-state index contributed by atoms with van der Waals surface area (Å²) >= 11 is 0. The first-order valence-corrected chi connectivity index (χ1v) is 11.7. The summed E-state index contributed by atoms with van der Waals surface area (Å²) < 4.78 is 7.01. The Hall–Kier alpha value is -3.98. The predicted octanol–water partition coefficient (Wildman–Crippen LogP) is 3.57. The molecule has 4 aromatic rings. The quantitative estimate of drug-likeness (QED) is 0.459. The standard InChI is InChI=1S/C26H29N7O2/c1-16-12-23(33(31-16)19-8-6-5-7-9-19)29-25(34)20-10-11-22(32-14-17(2)28-18(3)15-32)21-13-27-26(35-4)30-24(20)21/h5-13,17-18,28H,14-15H2,1-4H3,(H,29,34). The van der Waals surface area contributed by atoms with Gasteiger partial charge in [-0.1, -0.05) is 18.2 Å². The zero-order valence-corrected chi connectivity index (χ0v) is 20.3. The number of aryl methyl sites for hydroxylation is 1. The first-order chi connectivity index (χ1) is 16.9. The van der Waals surface area contributed by atoms with Crippen LogP contribution in [0, 0.1) is 6.92 Å². The molecule has 9 nitrogen and oxygen atoms in total. The molecule has 0 saturated carbocycles. The third kappa shape index (κ3) is 4.54. The van der Waals surface area contributed by atoms with Gasteiger partial charge in [0.25, 0.3) is 5.91 Å². The topological polar surface area (TPSA) is 97.2 Å². The Labute approximate surface area is 204 Å². The van der Waals surface area contributed by atoms with Crippen molar-refractivity contribution in [1.82, 2.24) is 25.1 Å². The van der Waals surface area contributed by atoms with Crippen LogP contribution < -0.4 is 20.3 Å². The van der Waals surface area contributed by atoms with E-state index in [0.717, 1.165) is 35.5 Å². The summed E-state index contributed by atoms with van der Waals surface area (Å²) in [4.78, 5) is 24.8. The minimum absolute atomic E-state index is 0.218. The number of nitrogens with zero attached hydrogens (tertiary/aromatic N) is 5. The lowest BCUT2D eigenvalue weighted by molar-refractivity contribution is 0.102. The fourth-order valence-corrected chi connectivity index (χ4v) is 4.71. The van der Waals surface area contributed by atoms with Gasteiger partial charge in [-0.3, -0.25) is 4.79 Å². The van der Waals surface area contributed by atoms with Gasteiger partial charge in [0.15, 0.2) is 0 Å². The Kier molecular flexibility index (Phi) is 6.08. The van der Waals surface area contributed by atoms with Crippen molar-refractivity contribution in [1.29, 1.82) is 0 Å². The number of fused-ring (bicyclic) bond motifs is 1. The van der Waals surface area contributed by atoms with E-state index in [0.29, 0.717) is 29.0 Å². The van der Waals surface area contributed by atoms with E-state index in [9.17, 15) is 4.79 Å². The molecule has 0 spiro atoms. The van der Waals surface area contributed by atoms with Gasteiger partial charge in [-0.25, -0.2) is 9.67 Å². The van der Waals surface area contributed by atoms with Crippen LogP contribution in [-0.2, 0) is 0 Å². The average molecular weight is 472 g/mol. The number of anilines is 2. The Morgan fingerprint density at radius 1 is 1.11 bits per heavy atom. The van der Waals surface area contributed by atoms with Crippen LogP contribution in [0.5, 0.6) is 6.01 Å². The van der Waals surface area contributed by atoms with E-state index in [1.165, 1.54) is 7.11 Å². The third-order valence-corrected chi connectivity index (χ3v) is 6.10. The van der Waals surface area contributed by atoms with E-state index >= 15 is 0 Å². The number of carbonyl (C=O) groups is 1. The van der Waals surface area contributed by atoms with Gasteiger partial charge < -0.3 is 20.3 Å². The first kappa shape index (κ1) is 22.8. The summed E-state index contributed by atoms with van der Waals surface area (Å²) in [6.45, 7) is 7.94. The maximum absolute atomic E-state index is 13.5. The SMILES string of the molecule is COc1ncc2c(N3CC(C)NC(C)C3)ccc(C(=O)Nc3cc(C)nn3-c3ccccc3)c2n1. The molecule has 5 rings (SSSR count). The molecule has 0 bridgehead atoms. The van der Waals surface area contributed by atoms with Gasteiger partial charge in [-0.15, -0.1) is 0 Å². The number of hydrogen-bond donors (Lipinski definition) is 2. The van der Waals surface area contributed by atoms with E-state index < -0.39 is 0 Å². The summed E-state index contributed by atoms with van der Waals surface area (Å²) in [5.74, 6) is 0.308. The number of rotatable bonds is 5. The number of carbonyl (C=O) groups excluding carboxylic acids is 1. The van der Waals surface area contributed by atoms with E-state index in [4.69, 9.17) is 4.74 Å². The summed E-state index contributed by atoms with van der Waals surface area (Å²) in [6, 6.07) is 16.3. The molecule has 2 atom stereocenters. The van der Waals surface area contributed by atoms with Crippen molar-refractivity contribution in [3.8, 4) is 11.7 Å². The van der Waals surface area contributed by atoms with Crippen LogP contribution >= 0.6 is 0 Å². The van der Waals surface area contributed by atoms with Crippen LogP contribution in [0.2, 0.25) is 0 Å². The summed E-state index contributed by atoms with van der Waals surface area (Å²) in [6.07, 6.45) is 1.74. The van der Waals surface area contributed by atoms with Crippen LogP contribution in [0.15, 0.2) is 54.7 Å². The van der Waals surface area contributed by atoms with Gasteiger partial charge >= 0.3 is 6.01 Å². The zero-order valence-electron chi connectivity index (χ0n) is 20.3. The Morgan fingerprint density at radius 2 is 1.86 bits per heavy atom. The van der Waals surface area contributed by atoms with E-state index in [2.05, 4.69) is 44.4 Å². The number of para-hydroxylation sites is 1. The van der Waals surface area contributed by atoms with Gasteiger partial charge in [0.05, 0.1) is 29.6 Å². The molecule has 2 N–H and O–H groups in total. The van der Waals surface area contributed by atoms with Gasteiger partial charge in [0.2, 0.25) is 0 Å². The molecular formula is C26H29N7O2. The van der Waals surface area contributed by atoms with Gasteiger partial charge in [-0.05, 0) is 45.0 Å². The Bertz CT molecular complexity index is 1360. The number of piperazine rings is 1. The fraction of sp³-hybridized carbons (Fsp3) is 0.308. The molecule has 35 heavy (non-hydrogen) atoms. The third-order valence-electron chi connectivity index (χ3n) is 6.10. The molecule has 1 aliphatic heterocycles. The average Bonchev–Trinajstić information content (AvgIpc) is 3.22. The van der Waals surface area contributed by atoms with Crippen LogP contribution in [0.1, 0.15) is 29.9 Å². The zero-order chi connectivity index (χ0) is 24.5. The van der Waals surface area contributed by atoms with Gasteiger partial charge in [0, 0.05) is 48.5 Å². The first-order valence-electron chi connectivity index (χ1n) is 11.7. The lowest BCUT2D eigenvalue weighted by Gasteiger charge is -2.38.